The van der Waals surface area contributed by atoms with Crippen LogP contribution in [0.3, 0.4) is 0 Å². The molecule has 0 radical (unpaired) electrons. The summed E-state index contributed by atoms with van der Waals surface area (Å²) in [4.78, 5) is 9.34. The molecule has 0 unspecified atom stereocenters. The van der Waals surface area contributed by atoms with Gasteiger partial charge in [-0.15, -0.1) is 0 Å². The monoisotopic (exact) mass is 256 g/mol. The molecule has 0 aliphatic heterocycles. The Morgan fingerprint density at radius 3 is 2.95 bits per heavy atom. The van der Waals surface area contributed by atoms with Crippen molar-refractivity contribution >= 4 is 17.2 Å². The molecule has 3 N–H and O–H groups in total. The van der Waals surface area contributed by atoms with E-state index in [-0.39, 0.29) is 0 Å². The van der Waals surface area contributed by atoms with Gasteiger partial charge in [0.2, 0.25) is 0 Å². The van der Waals surface area contributed by atoms with Crippen LogP contribution in [0.5, 0.6) is 0 Å². The molecule has 0 amide bonds. The molecular formula is C15H18N3O+. The molecular weight excluding hydrogens is 238 g/mol. The average molecular weight is 256 g/mol. The maximum Gasteiger partial charge on any atom is 0.167 e. The highest BCUT2D eigenvalue weighted by molar-refractivity contribution is 5.60. The molecule has 1 heterocycles. The van der Waals surface area contributed by atoms with Gasteiger partial charge in [0.25, 0.3) is 0 Å². The molecule has 19 heavy (non-hydrogen) atoms. The van der Waals surface area contributed by atoms with Gasteiger partial charge < -0.3 is 5.32 Å². The van der Waals surface area contributed by atoms with Crippen molar-refractivity contribution in [2.24, 2.45) is 0 Å². The Morgan fingerprint density at radius 2 is 2.05 bits per heavy atom. The zero-order valence-corrected chi connectivity index (χ0v) is 11.0. The molecule has 1 aromatic carbocycles. The van der Waals surface area contributed by atoms with Gasteiger partial charge in [0.1, 0.15) is 5.82 Å². The molecule has 0 spiro atoms. The fourth-order valence-electron chi connectivity index (χ4n) is 2.52. The smallest absolute Gasteiger partial charge is 0.167 e. The van der Waals surface area contributed by atoms with Gasteiger partial charge in [-0.3, -0.25) is 0 Å². The third-order valence-electron chi connectivity index (χ3n) is 3.41. The summed E-state index contributed by atoms with van der Waals surface area (Å²) < 4.78 is 0. The largest absolute Gasteiger partial charge is 0.340 e. The molecule has 1 aliphatic carbocycles. The van der Waals surface area contributed by atoms with Crippen molar-refractivity contribution in [1.29, 1.82) is 0 Å². The molecule has 4 heteroatoms. The first-order valence-electron chi connectivity index (χ1n) is 6.56. The van der Waals surface area contributed by atoms with Crippen LogP contribution in [0.25, 0.3) is 0 Å². The number of fused-ring (bicyclic) bond motifs is 1. The quantitative estimate of drug-likeness (QED) is 0.823. The average Bonchev–Trinajstić information content (AvgIpc) is 2.87. The standard InChI is InChI=1S/C15H17N3O/c1-19-18-14-7-8-16-15(10-14)17-13-6-5-11-3-2-4-12(11)9-13/h5-10H,2-4H2,1H3,(H2,16,17,18)/p+1. The zero-order chi connectivity index (χ0) is 13.1. The first kappa shape index (κ1) is 12.1. The molecule has 1 aromatic heterocycles. The van der Waals surface area contributed by atoms with Crippen LogP contribution in [-0.2, 0) is 17.7 Å². The van der Waals surface area contributed by atoms with Crippen LogP contribution in [0.1, 0.15) is 17.5 Å². The van der Waals surface area contributed by atoms with Crippen molar-refractivity contribution in [2.75, 3.05) is 12.4 Å². The van der Waals surface area contributed by atoms with E-state index in [4.69, 9.17) is 4.84 Å². The van der Waals surface area contributed by atoms with E-state index in [1.54, 1.807) is 18.8 Å². The second-order valence-corrected chi connectivity index (χ2v) is 4.79. The first-order valence-corrected chi connectivity index (χ1v) is 6.56. The normalized spacial score (nSPS) is 13.3. The minimum Gasteiger partial charge on any atom is -0.340 e. The molecule has 4 nitrogen and oxygen atoms in total. The maximum atomic E-state index is 5.01. The van der Waals surface area contributed by atoms with Gasteiger partial charge in [0, 0.05) is 24.0 Å². The van der Waals surface area contributed by atoms with Crippen LogP contribution < -0.4 is 10.8 Å². The van der Waals surface area contributed by atoms with E-state index in [0.717, 1.165) is 17.2 Å². The van der Waals surface area contributed by atoms with Gasteiger partial charge in [0.15, 0.2) is 5.69 Å². The van der Waals surface area contributed by atoms with E-state index in [2.05, 4.69) is 28.5 Å². The molecule has 3 rings (SSSR count). The number of aromatic nitrogens is 1. The number of nitrogens with one attached hydrogen (secondary N) is 1. The van der Waals surface area contributed by atoms with Crippen LogP contribution in [0.15, 0.2) is 36.5 Å². The Kier molecular flexibility index (Phi) is 3.44. The SMILES string of the molecule is CO[NH2+]c1ccnc(Nc2ccc3c(c2)CCC3)c1. The topological polar surface area (TPSA) is 50.8 Å². The van der Waals surface area contributed by atoms with Crippen LogP contribution in [0.4, 0.5) is 17.2 Å². The van der Waals surface area contributed by atoms with Gasteiger partial charge in [-0.25, -0.2) is 9.82 Å². The lowest BCUT2D eigenvalue weighted by atomic mass is 10.1. The van der Waals surface area contributed by atoms with E-state index >= 15 is 0 Å². The number of hydrogen-bond acceptors (Lipinski definition) is 3. The number of hydrogen-bond donors (Lipinski definition) is 2. The lowest BCUT2D eigenvalue weighted by Gasteiger charge is -2.08. The Morgan fingerprint density at radius 1 is 1.16 bits per heavy atom. The van der Waals surface area contributed by atoms with Crippen molar-refractivity contribution in [2.45, 2.75) is 19.3 Å². The summed E-state index contributed by atoms with van der Waals surface area (Å²) >= 11 is 0. The summed E-state index contributed by atoms with van der Waals surface area (Å²) in [5.41, 5.74) is 6.75. The minimum atomic E-state index is 0.837. The molecule has 0 saturated carbocycles. The maximum absolute atomic E-state index is 5.01. The third kappa shape index (κ3) is 2.75. The number of quaternary nitrogens is 1. The molecule has 0 atom stereocenters. The van der Waals surface area contributed by atoms with Crippen molar-refractivity contribution in [3.8, 4) is 0 Å². The van der Waals surface area contributed by atoms with Gasteiger partial charge >= 0.3 is 0 Å². The lowest BCUT2D eigenvalue weighted by molar-refractivity contribution is -0.830. The first-order chi connectivity index (χ1) is 9.35. The predicted molar refractivity (Wildman–Crippen MR) is 74.6 cm³/mol. The van der Waals surface area contributed by atoms with Crippen molar-refractivity contribution in [1.82, 2.24) is 4.98 Å². The number of benzene rings is 1. The highest BCUT2D eigenvalue weighted by atomic mass is 16.6. The highest BCUT2D eigenvalue weighted by Gasteiger charge is 2.11. The van der Waals surface area contributed by atoms with Gasteiger partial charge in [-0.2, -0.15) is 5.48 Å². The van der Waals surface area contributed by atoms with Gasteiger partial charge in [-0.1, -0.05) is 6.07 Å². The summed E-state index contributed by atoms with van der Waals surface area (Å²) in [5, 5.41) is 3.35. The Labute approximate surface area is 112 Å². The Bertz CT molecular complexity index is 583. The van der Waals surface area contributed by atoms with Gasteiger partial charge in [-0.05, 0) is 42.5 Å². The molecule has 0 fully saturated rings. The molecule has 1 aliphatic rings. The summed E-state index contributed by atoms with van der Waals surface area (Å²) in [6.45, 7) is 0. The lowest BCUT2D eigenvalue weighted by Crippen LogP contribution is -2.75. The number of anilines is 2. The fraction of sp³-hybridized carbons (Fsp3) is 0.267. The highest BCUT2D eigenvalue weighted by Crippen LogP contribution is 2.26. The summed E-state index contributed by atoms with van der Waals surface area (Å²) in [6.07, 6.45) is 5.46. The molecule has 2 aromatic rings. The van der Waals surface area contributed by atoms with Crippen LogP contribution in [-0.4, -0.2) is 12.1 Å². The predicted octanol–water partition coefficient (Wildman–Crippen LogP) is 2.07. The number of nitrogens with zero attached hydrogens (tertiary/aromatic N) is 1. The van der Waals surface area contributed by atoms with Crippen molar-refractivity contribution < 1.29 is 10.3 Å². The van der Waals surface area contributed by atoms with E-state index in [1.165, 1.54) is 30.4 Å². The second-order valence-electron chi connectivity index (χ2n) is 4.79. The summed E-state index contributed by atoms with van der Waals surface area (Å²) in [5.74, 6) is 0.837. The summed E-state index contributed by atoms with van der Waals surface area (Å²) in [6, 6.07) is 10.5. The second kappa shape index (κ2) is 5.38. The van der Waals surface area contributed by atoms with Crippen LogP contribution in [0, 0.1) is 0 Å². The fourth-order valence-corrected chi connectivity index (χ4v) is 2.52. The zero-order valence-electron chi connectivity index (χ0n) is 11.0. The Balaban J connectivity index is 1.79. The molecule has 0 saturated heterocycles. The summed E-state index contributed by atoms with van der Waals surface area (Å²) in [7, 11) is 1.65. The van der Waals surface area contributed by atoms with Crippen LogP contribution in [0.2, 0.25) is 0 Å². The minimum absolute atomic E-state index is 0.837. The van der Waals surface area contributed by atoms with E-state index in [0.29, 0.717) is 0 Å². The number of rotatable bonds is 4. The number of nitrogens with two attached hydrogens (primary N) is 1. The molecule has 98 valence electrons. The number of aryl methyl sites for hydroxylation is 2. The van der Waals surface area contributed by atoms with Gasteiger partial charge in [0.05, 0.1) is 7.11 Å². The van der Waals surface area contributed by atoms with Crippen LogP contribution >= 0.6 is 0 Å². The third-order valence-corrected chi connectivity index (χ3v) is 3.41. The van der Waals surface area contributed by atoms with Crippen molar-refractivity contribution in [3.63, 3.8) is 0 Å². The van der Waals surface area contributed by atoms with Crippen molar-refractivity contribution in [3.05, 3.63) is 47.7 Å². The molecule has 0 bridgehead atoms. The van der Waals surface area contributed by atoms with E-state index in [9.17, 15) is 0 Å². The van der Waals surface area contributed by atoms with E-state index < -0.39 is 0 Å². The van der Waals surface area contributed by atoms with E-state index in [1.807, 2.05) is 12.1 Å². The Hall–Kier alpha value is -1.91. The number of pyridine rings is 1.